The summed E-state index contributed by atoms with van der Waals surface area (Å²) >= 11 is 0. The third-order valence-corrected chi connectivity index (χ3v) is 5.67. The van der Waals surface area contributed by atoms with E-state index < -0.39 is 11.7 Å². The monoisotopic (exact) mass is 425 g/mol. The fourth-order valence-electron chi connectivity index (χ4n) is 4.06. The number of hydrogen-bond donors (Lipinski definition) is 0. The second kappa shape index (κ2) is 6.69. The van der Waals surface area contributed by atoms with Gasteiger partial charge in [-0.3, -0.25) is 14.2 Å². The molecule has 0 spiro atoms. The minimum absolute atomic E-state index is 0.133. The first-order valence-corrected chi connectivity index (χ1v) is 9.73. The Bertz CT molecular complexity index is 1300. The SMILES string of the molecule is C[C@H]1CN(c2ccc(C(F)(F)F)cc2)C(=O)c2c(-c3ccc4c(cnn4C)c3)cnn21. The van der Waals surface area contributed by atoms with Gasteiger partial charge in [-0.05, 0) is 48.9 Å². The Kier molecular flexibility index (Phi) is 4.18. The topological polar surface area (TPSA) is 56.0 Å². The Morgan fingerprint density at radius 1 is 1.03 bits per heavy atom. The number of anilines is 1. The summed E-state index contributed by atoms with van der Waals surface area (Å²) in [6, 6.07) is 10.3. The third-order valence-electron chi connectivity index (χ3n) is 5.67. The highest BCUT2D eigenvalue weighted by Gasteiger charge is 2.35. The summed E-state index contributed by atoms with van der Waals surface area (Å²) in [5, 5.41) is 9.61. The molecular weight excluding hydrogens is 407 g/mol. The molecule has 0 saturated carbocycles. The first kappa shape index (κ1) is 19.3. The molecule has 2 aromatic heterocycles. The molecule has 0 unspecified atom stereocenters. The number of aryl methyl sites for hydroxylation is 1. The molecule has 0 fully saturated rings. The van der Waals surface area contributed by atoms with Crippen LogP contribution in [-0.2, 0) is 13.2 Å². The molecule has 1 atom stereocenters. The van der Waals surface area contributed by atoms with E-state index >= 15 is 0 Å². The van der Waals surface area contributed by atoms with Gasteiger partial charge < -0.3 is 4.90 Å². The van der Waals surface area contributed by atoms with Crippen LogP contribution in [0.4, 0.5) is 18.9 Å². The van der Waals surface area contributed by atoms with Gasteiger partial charge in [0.1, 0.15) is 5.69 Å². The second-order valence-corrected chi connectivity index (χ2v) is 7.70. The van der Waals surface area contributed by atoms with Crippen LogP contribution in [0.5, 0.6) is 0 Å². The van der Waals surface area contributed by atoms with E-state index in [9.17, 15) is 18.0 Å². The Morgan fingerprint density at radius 3 is 2.48 bits per heavy atom. The van der Waals surface area contributed by atoms with Crippen molar-refractivity contribution in [2.45, 2.75) is 19.1 Å². The lowest BCUT2D eigenvalue weighted by Crippen LogP contribution is -2.42. The lowest BCUT2D eigenvalue weighted by molar-refractivity contribution is -0.137. The summed E-state index contributed by atoms with van der Waals surface area (Å²) in [7, 11) is 1.86. The van der Waals surface area contributed by atoms with Crippen LogP contribution in [0.3, 0.4) is 0 Å². The summed E-state index contributed by atoms with van der Waals surface area (Å²) in [5.74, 6) is -0.295. The smallest absolute Gasteiger partial charge is 0.305 e. The van der Waals surface area contributed by atoms with Crippen molar-refractivity contribution in [2.24, 2.45) is 7.05 Å². The van der Waals surface area contributed by atoms with E-state index in [4.69, 9.17) is 0 Å². The summed E-state index contributed by atoms with van der Waals surface area (Å²) in [6.07, 6.45) is -1.00. The molecule has 0 aliphatic carbocycles. The van der Waals surface area contributed by atoms with Gasteiger partial charge in [-0.25, -0.2) is 0 Å². The van der Waals surface area contributed by atoms with Crippen LogP contribution in [0, 0.1) is 0 Å². The molecule has 1 amide bonds. The molecule has 6 nitrogen and oxygen atoms in total. The van der Waals surface area contributed by atoms with E-state index in [1.807, 2.05) is 32.2 Å². The van der Waals surface area contributed by atoms with Crippen LogP contribution in [0.25, 0.3) is 22.0 Å². The average Bonchev–Trinajstić information content (AvgIpc) is 3.35. The number of amides is 1. The van der Waals surface area contributed by atoms with Crippen LogP contribution in [0.1, 0.15) is 29.0 Å². The first-order valence-electron chi connectivity index (χ1n) is 9.73. The maximum Gasteiger partial charge on any atom is 0.416 e. The maximum absolute atomic E-state index is 13.4. The largest absolute Gasteiger partial charge is 0.416 e. The summed E-state index contributed by atoms with van der Waals surface area (Å²) in [4.78, 5) is 14.9. The van der Waals surface area contributed by atoms with Gasteiger partial charge in [0.15, 0.2) is 0 Å². The van der Waals surface area contributed by atoms with Crippen molar-refractivity contribution >= 4 is 22.5 Å². The van der Waals surface area contributed by atoms with Crippen molar-refractivity contribution in [3.63, 3.8) is 0 Å². The number of nitrogens with zero attached hydrogens (tertiary/aromatic N) is 5. The summed E-state index contributed by atoms with van der Waals surface area (Å²) in [6.45, 7) is 2.24. The Morgan fingerprint density at radius 2 is 1.77 bits per heavy atom. The van der Waals surface area contributed by atoms with Gasteiger partial charge in [-0.15, -0.1) is 0 Å². The lowest BCUT2D eigenvalue weighted by atomic mass is 10.0. The maximum atomic E-state index is 13.4. The van der Waals surface area contributed by atoms with Gasteiger partial charge in [0.05, 0.1) is 29.5 Å². The number of alkyl halides is 3. The molecule has 2 aromatic carbocycles. The van der Waals surface area contributed by atoms with Crippen molar-refractivity contribution in [1.82, 2.24) is 19.6 Å². The van der Waals surface area contributed by atoms with E-state index in [1.54, 1.807) is 21.8 Å². The van der Waals surface area contributed by atoms with Gasteiger partial charge in [-0.2, -0.15) is 23.4 Å². The van der Waals surface area contributed by atoms with Crippen LogP contribution < -0.4 is 4.90 Å². The zero-order valence-corrected chi connectivity index (χ0v) is 16.8. The summed E-state index contributed by atoms with van der Waals surface area (Å²) < 4.78 is 42.2. The molecule has 0 bridgehead atoms. The molecule has 0 saturated heterocycles. The zero-order valence-electron chi connectivity index (χ0n) is 16.8. The molecule has 1 aliphatic heterocycles. The van der Waals surface area contributed by atoms with Crippen molar-refractivity contribution in [1.29, 1.82) is 0 Å². The highest BCUT2D eigenvalue weighted by atomic mass is 19.4. The van der Waals surface area contributed by atoms with E-state index in [2.05, 4.69) is 10.2 Å². The first-order chi connectivity index (χ1) is 14.7. The number of hydrogen-bond acceptors (Lipinski definition) is 3. The normalized spacial score (nSPS) is 16.7. The van der Waals surface area contributed by atoms with Crippen molar-refractivity contribution in [3.05, 3.63) is 66.1 Å². The number of benzene rings is 2. The molecule has 3 heterocycles. The fourth-order valence-corrected chi connectivity index (χ4v) is 4.06. The van der Waals surface area contributed by atoms with Gasteiger partial charge in [-0.1, -0.05) is 6.07 Å². The average molecular weight is 425 g/mol. The zero-order chi connectivity index (χ0) is 21.9. The quantitative estimate of drug-likeness (QED) is 0.469. The van der Waals surface area contributed by atoms with Crippen LogP contribution in [0.2, 0.25) is 0 Å². The van der Waals surface area contributed by atoms with Crippen molar-refractivity contribution in [2.75, 3.05) is 11.4 Å². The highest BCUT2D eigenvalue weighted by Crippen LogP contribution is 2.35. The molecular formula is C22H18F3N5O. The summed E-state index contributed by atoms with van der Waals surface area (Å²) in [5.41, 5.74) is 2.57. The molecule has 1 aliphatic rings. The molecule has 9 heteroatoms. The van der Waals surface area contributed by atoms with Gasteiger partial charge in [0, 0.05) is 30.2 Å². The fraction of sp³-hybridized carbons (Fsp3) is 0.227. The number of aromatic nitrogens is 4. The Hall–Kier alpha value is -3.62. The van der Waals surface area contributed by atoms with Crippen molar-refractivity contribution in [3.8, 4) is 11.1 Å². The molecule has 158 valence electrons. The number of carbonyl (C=O) groups excluding carboxylic acids is 1. The van der Waals surface area contributed by atoms with E-state index in [1.165, 1.54) is 17.0 Å². The molecule has 5 rings (SSSR count). The van der Waals surface area contributed by atoms with Crippen LogP contribution in [-0.4, -0.2) is 32.0 Å². The third kappa shape index (κ3) is 3.08. The van der Waals surface area contributed by atoms with E-state index in [0.717, 1.165) is 28.6 Å². The highest BCUT2D eigenvalue weighted by molar-refractivity contribution is 6.10. The standard InChI is InChI=1S/C22H18F3N5O/c1-13-12-29(17-6-4-16(5-7-17)22(23,24)25)21(31)20-18(11-27-30(13)20)14-3-8-19-15(9-14)10-26-28(19)2/h3-11,13H,12H2,1-2H3/t13-/m0/s1. The molecule has 0 N–H and O–H groups in total. The van der Waals surface area contributed by atoms with E-state index in [0.29, 0.717) is 23.5 Å². The number of fused-ring (bicyclic) bond motifs is 2. The minimum atomic E-state index is -4.42. The predicted octanol–water partition coefficient (Wildman–Crippen LogP) is 4.68. The van der Waals surface area contributed by atoms with Crippen molar-refractivity contribution < 1.29 is 18.0 Å². The molecule has 4 aromatic rings. The minimum Gasteiger partial charge on any atom is -0.305 e. The van der Waals surface area contributed by atoms with Gasteiger partial charge in [0.2, 0.25) is 0 Å². The van der Waals surface area contributed by atoms with E-state index in [-0.39, 0.29) is 11.9 Å². The Labute approximate surface area is 175 Å². The number of halogens is 3. The molecule has 31 heavy (non-hydrogen) atoms. The lowest BCUT2D eigenvalue weighted by Gasteiger charge is -2.32. The van der Waals surface area contributed by atoms with Gasteiger partial charge in [0.25, 0.3) is 5.91 Å². The number of carbonyl (C=O) groups is 1. The Balaban J connectivity index is 1.56. The van der Waals surface area contributed by atoms with Gasteiger partial charge >= 0.3 is 6.18 Å². The number of rotatable bonds is 2. The predicted molar refractivity (Wildman–Crippen MR) is 110 cm³/mol. The van der Waals surface area contributed by atoms with Crippen LogP contribution in [0.15, 0.2) is 54.9 Å². The van der Waals surface area contributed by atoms with Crippen LogP contribution >= 0.6 is 0 Å². The molecule has 0 radical (unpaired) electrons. The second-order valence-electron chi connectivity index (χ2n) is 7.70.